The molecule has 3 aromatic rings. The summed E-state index contributed by atoms with van der Waals surface area (Å²) in [5.41, 5.74) is 2.40. The van der Waals surface area contributed by atoms with E-state index in [0.717, 1.165) is 42.9 Å². The first-order valence-corrected chi connectivity index (χ1v) is 13.5. The Morgan fingerprint density at radius 3 is 3.00 bits per heavy atom. The number of thiazole rings is 1. The van der Waals surface area contributed by atoms with Crippen LogP contribution in [0.2, 0.25) is 0 Å². The number of nitrogens with zero attached hydrogens (tertiary/aromatic N) is 3. The van der Waals surface area contributed by atoms with Crippen molar-refractivity contribution < 1.29 is 4.79 Å². The lowest BCUT2D eigenvalue weighted by atomic mass is 9.97. The van der Waals surface area contributed by atoms with Crippen molar-refractivity contribution in [3.8, 4) is 0 Å². The van der Waals surface area contributed by atoms with Gasteiger partial charge in [0.1, 0.15) is 4.88 Å². The van der Waals surface area contributed by atoms with Crippen LogP contribution in [0, 0.1) is 0 Å². The smallest absolute Gasteiger partial charge is 0.263 e. The average molecular weight is 482 g/mol. The number of aromatic nitrogens is 2. The highest BCUT2D eigenvalue weighted by molar-refractivity contribution is 7.17. The Morgan fingerprint density at radius 1 is 1.35 bits per heavy atom. The predicted octanol–water partition coefficient (Wildman–Crippen LogP) is 5.46. The third-order valence-electron chi connectivity index (χ3n) is 7.34. The van der Waals surface area contributed by atoms with E-state index >= 15 is 0 Å². The summed E-state index contributed by atoms with van der Waals surface area (Å²) in [6, 6.07) is 9.62. The quantitative estimate of drug-likeness (QED) is 0.403. The lowest BCUT2D eigenvalue weighted by Crippen LogP contribution is -2.47. The van der Waals surface area contributed by atoms with E-state index < -0.39 is 0 Å². The van der Waals surface area contributed by atoms with Crippen LogP contribution in [0.4, 0.5) is 5.13 Å². The minimum Gasteiger partial charge on any atom is -0.361 e. The van der Waals surface area contributed by atoms with E-state index in [2.05, 4.69) is 77.4 Å². The van der Waals surface area contributed by atoms with Crippen LogP contribution in [0.5, 0.6) is 0 Å². The van der Waals surface area contributed by atoms with Crippen molar-refractivity contribution in [1.82, 2.24) is 20.2 Å². The highest BCUT2D eigenvalue weighted by Gasteiger charge is 2.26. The second-order valence-corrected chi connectivity index (χ2v) is 10.9. The van der Waals surface area contributed by atoms with Gasteiger partial charge in [-0.25, -0.2) is 4.98 Å². The Morgan fingerprint density at radius 2 is 2.18 bits per heavy atom. The first kappa shape index (κ1) is 24.7. The number of rotatable bonds is 10. The monoisotopic (exact) mass is 481 g/mol. The summed E-state index contributed by atoms with van der Waals surface area (Å²) in [5.74, 6) is -0.0125. The first-order valence-electron chi connectivity index (χ1n) is 12.7. The molecule has 1 aliphatic heterocycles. The lowest BCUT2D eigenvalue weighted by Gasteiger charge is -2.39. The molecule has 184 valence electrons. The van der Waals surface area contributed by atoms with Crippen LogP contribution in [-0.2, 0) is 6.42 Å². The van der Waals surface area contributed by atoms with Gasteiger partial charge in [-0.3, -0.25) is 9.69 Å². The average Bonchev–Trinajstić information content (AvgIpc) is 3.48. The number of likely N-dealkylation sites (tertiary alicyclic amines) is 1. The van der Waals surface area contributed by atoms with Gasteiger partial charge in [0.15, 0.2) is 5.13 Å². The lowest BCUT2D eigenvalue weighted by molar-refractivity contribution is 0.0938. The number of likely N-dealkylation sites (N-methyl/N-ethyl adjacent to an activating group) is 2. The van der Waals surface area contributed by atoms with Crippen molar-refractivity contribution in [2.75, 3.05) is 25.5 Å². The van der Waals surface area contributed by atoms with Crippen molar-refractivity contribution in [3.63, 3.8) is 0 Å². The number of hydrogen-bond donors (Lipinski definition) is 2. The number of hydrogen-bond acceptors (Lipinski definition) is 5. The van der Waals surface area contributed by atoms with Gasteiger partial charge < -0.3 is 15.2 Å². The molecule has 1 aromatic carbocycles. The molecule has 3 atom stereocenters. The van der Waals surface area contributed by atoms with Crippen molar-refractivity contribution in [1.29, 1.82) is 0 Å². The van der Waals surface area contributed by atoms with E-state index in [4.69, 9.17) is 0 Å². The number of amides is 1. The number of benzene rings is 1. The predicted molar refractivity (Wildman–Crippen MR) is 143 cm³/mol. The number of nitrogens with one attached hydrogen (secondary N) is 2. The fraction of sp³-hybridized carbons (Fsp3) is 0.556. The number of carbonyl (C=O) groups is 1. The number of fused-ring (bicyclic) bond motifs is 1. The summed E-state index contributed by atoms with van der Waals surface area (Å²) in [4.78, 5) is 26.5. The van der Waals surface area contributed by atoms with E-state index in [0.29, 0.717) is 17.0 Å². The zero-order valence-corrected chi connectivity index (χ0v) is 21.8. The molecule has 0 radical (unpaired) electrons. The molecule has 2 N–H and O–H groups in total. The van der Waals surface area contributed by atoms with E-state index in [1.165, 1.54) is 41.5 Å². The normalized spacial score (nSPS) is 19.9. The molecule has 3 unspecified atom stereocenters. The number of anilines is 1. The minimum absolute atomic E-state index is 0.0125. The highest BCUT2D eigenvalue weighted by Crippen LogP contribution is 2.26. The number of unbranched alkanes of at least 4 members (excludes halogenated alkanes) is 1. The maximum atomic E-state index is 13.2. The van der Waals surface area contributed by atoms with E-state index in [1.807, 2.05) is 6.07 Å². The molecule has 3 heterocycles. The Balaban J connectivity index is 1.40. The molecular weight excluding hydrogens is 442 g/mol. The van der Waals surface area contributed by atoms with Crippen molar-refractivity contribution in [2.24, 2.45) is 0 Å². The standard InChI is InChI=1S/C27H39N5OS/c1-5-6-11-21(15-20-16-28-24-14-8-7-13-23(20)24)30-26(33)25-17-29-27(34-25)31(3)18-22-12-9-10-19(2)32(22)4/h7-8,13-14,16-17,19,21-22,28H,5-6,9-12,15,18H2,1-4H3,(H,30,33). The zero-order chi connectivity index (χ0) is 24.1. The maximum Gasteiger partial charge on any atom is 0.263 e. The van der Waals surface area contributed by atoms with Crippen LogP contribution in [0.1, 0.15) is 67.6 Å². The topological polar surface area (TPSA) is 64.3 Å². The molecule has 1 fully saturated rings. The molecule has 1 saturated heterocycles. The molecule has 0 aliphatic carbocycles. The maximum absolute atomic E-state index is 13.2. The van der Waals surface area contributed by atoms with Gasteiger partial charge in [0, 0.05) is 48.8 Å². The molecular formula is C27H39N5OS. The van der Waals surface area contributed by atoms with Crippen LogP contribution in [0.3, 0.4) is 0 Å². The van der Waals surface area contributed by atoms with Gasteiger partial charge in [-0.1, -0.05) is 55.7 Å². The second kappa shape index (κ2) is 11.4. The van der Waals surface area contributed by atoms with Crippen LogP contribution in [0.15, 0.2) is 36.7 Å². The van der Waals surface area contributed by atoms with E-state index in [1.54, 1.807) is 6.20 Å². The van der Waals surface area contributed by atoms with Crippen LogP contribution in [-0.4, -0.2) is 59.5 Å². The summed E-state index contributed by atoms with van der Waals surface area (Å²) in [6.45, 7) is 5.44. The molecule has 7 heteroatoms. The number of carbonyl (C=O) groups excluding carboxylic acids is 1. The molecule has 6 nitrogen and oxygen atoms in total. The third kappa shape index (κ3) is 5.81. The molecule has 0 bridgehead atoms. The van der Waals surface area contributed by atoms with Crippen molar-refractivity contribution >= 4 is 33.3 Å². The largest absolute Gasteiger partial charge is 0.361 e. The Bertz CT molecular complexity index is 1080. The minimum atomic E-state index is -0.0125. The number of aromatic amines is 1. The van der Waals surface area contributed by atoms with Crippen molar-refractivity contribution in [2.45, 2.75) is 76.9 Å². The summed E-state index contributed by atoms with van der Waals surface area (Å²) < 4.78 is 0. The SMILES string of the molecule is CCCCC(Cc1c[nH]c2ccccc12)NC(=O)c1cnc(N(C)CC2CCCC(C)N2C)s1. The van der Waals surface area contributed by atoms with Gasteiger partial charge in [-0.05, 0) is 51.3 Å². The fourth-order valence-corrected chi connectivity index (χ4v) is 5.86. The van der Waals surface area contributed by atoms with Crippen LogP contribution in [0.25, 0.3) is 10.9 Å². The molecule has 4 rings (SSSR count). The molecule has 2 aromatic heterocycles. The summed E-state index contributed by atoms with van der Waals surface area (Å²) in [7, 11) is 4.32. The van der Waals surface area contributed by atoms with Gasteiger partial charge in [-0.15, -0.1) is 0 Å². The van der Waals surface area contributed by atoms with E-state index in [9.17, 15) is 4.79 Å². The van der Waals surface area contributed by atoms with Gasteiger partial charge in [0.2, 0.25) is 0 Å². The van der Waals surface area contributed by atoms with Crippen LogP contribution < -0.4 is 10.2 Å². The fourth-order valence-electron chi connectivity index (χ4n) is 5.07. The molecule has 0 saturated carbocycles. The van der Waals surface area contributed by atoms with Crippen LogP contribution >= 0.6 is 11.3 Å². The Kier molecular flexibility index (Phi) is 8.27. The van der Waals surface area contributed by atoms with Gasteiger partial charge in [-0.2, -0.15) is 0 Å². The molecule has 34 heavy (non-hydrogen) atoms. The number of piperidine rings is 1. The van der Waals surface area contributed by atoms with Gasteiger partial charge >= 0.3 is 0 Å². The molecule has 0 spiro atoms. The summed E-state index contributed by atoms with van der Waals surface area (Å²) in [5, 5.41) is 5.46. The first-order chi connectivity index (χ1) is 16.5. The Labute approximate surface area is 207 Å². The number of para-hydroxylation sites is 1. The third-order valence-corrected chi connectivity index (χ3v) is 8.45. The Hall–Kier alpha value is -2.38. The molecule has 1 aliphatic rings. The number of H-pyrrole nitrogens is 1. The summed E-state index contributed by atoms with van der Waals surface area (Å²) >= 11 is 1.49. The van der Waals surface area contributed by atoms with Crippen molar-refractivity contribution in [3.05, 3.63) is 47.1 Å². The zero-order valence-electron chi connectivity index (χ0n) is 21.0. The second-order valence-electron chi connectivity index (χ2n) is 9.86. The van der Waals surface area contributed by atoms with Gasteiger partial charge in [0.05, 0.1) is 6.20 Å². The molecule has 1 amide bonds. The summed E-state index contributed by atoms with van der Waals surface area (Å²) in [6.07, 6.45) is 11.6. The van der Waals surface area contributed by atoms with Gasteiger partial charge in [0.25, 0.3) is 5.91 Å². The highest BCUT2D eigenvalue weighted by atomic mass is 32.1. The van der Waals surface area contributed by atoms with E-state index in [-0.39, 0.29) is 11.9 Å².